The molecule has 1 amide bonds. The molecule has 27 heavy (non-hydrogen) atoms. The first-order chi connectivity index (χ1) is 13.1. The van der Waals surface area contributed by atoms with Crippen LogP contribution in [-0.2, 0) is 38.3 Å². The molecule has 2 aromatic heterocycles. The van der Waals surface area contributed by atoms with E-state index < -0.39 is 0 Å². The van der Waals surface area contributed by atoms with E-state index in [4.69, 9.17) is 4.74 Å². The molecule has 0 saturated carbocycles. The molecule has 0 fully saturated rings. The lowest BCUT2D eigenvalue weighted by atomic mass is 10.0. The second kappa shape index (κ2) is 6.86. The number of carbonyl (C=O) groups is 1. The zero-order valence-corrected chi connectivity index (χ0v) is 15.7. The summed E-state index contributed by atoms with van der Waals surface area (Å²) in [5.74, 6) is 1.58. The van der Waals surface area contributed by atoms with Crippen molar-refractivity contribution in [3.63, 3.8) is 0 Å². The third-order valence-electron chi connectivity index (χ3n) is 5.01. The van der Waals surface area contributed by atoms with Crippen LogP contribution in [0.15, 0.2) is 30.6 Å². The highest BCUT2D eigenvalue weighted by Crippen LogP contribution is 2.28. The number of nitrogens with zero attached hydrogens (tertiary/aromatic N) is 6. The highest BCUT2D eigenvalue weighted by atomic mass is 16.5. The molecule has 8 nitrogen and oxygen atoms in total. The summed E-state index contributed by atoms with van der Waals surface area (Å²) in [4.78, 5) is 14.8. The van der Waals surface area contributed by atoms with E-state index in [0.717, 1.165) is 34.7 Å². The van der Waals surface area contributed by atoms with Crippen LogP contribution in [-0.4, -0.2) is 49.0 Å². The zero-order chi connectivity index (χ0) is 19.0. The van der Waals surface area contributed by atoms with E-state index in [1.54, 1.807) is 13.4 Å². The topological polar surface area (TPSA) is 78.1 Å². The maximum Gasteiger partial charge on any atom is 0.227 e. The number of hydrogen-bond donors (Lipinski definition) is 0. The van der Waals surface area contributed by atoms with Crippen LogP contribution in [0.3, 0.4) is 0 Å². The summed E-state index contributed by atoms with van der Waals surface area (Å²) >= 11 is 0. The average molecular weight is 366 g/mol. The minimum absolute atomic E-state index is 0.0988. The second-order valence-electron chi connectivity index (χ2n) is 6.76. The first kappa shape index (κ1) is 17.3. The predicted molar refractivity (Wildman–Crippen MR) is 99.0 cm³/mol. The van der Waals surface area contributed by atoms with Crippen molar-refractivity contribution < 1.29 is 9.53 Å². The number of ether oxygens (including phenoxy) is 1. The fourth-order valence-corrected chi connectivity index (χ4v) is 3.55. The summed E-state index contributed by atoms with van der Waals surface area (Å²) in [6.07, 6.45) is 2.79. The number of methoxy groups -OCH3 is 1. The number of hydrogen-bond acceptors (Lipinski definition) is 5. The summed E-state index contributed by atoms with van der Waals surface area (Å²) in [7, 11) is 5.46. The van der Waals surface area contributed by atoms with Gasteiger partial charge in [-0.15, -0.1) is 10.2 Å². The van der Waals surface area contributed by atoms with Crippen LogP contribution in [0.5, 0.6) is 5.75 Å². The standard InChI is InChI=1S/C19H22N6O2/c1-23-12-20-21-19(23)18-15-11-25(8-7-16(15)24(2)22-18)17(26)10-13-5-4-6-14(9-13)27-3/h4-6,9,12H,7-8,10-11H2,1-3H3. The van der Waals surface area contributed by atoms with E-state index in [-0.39, 0.29) is 5.91 Å². The van der Waals surface area contributed by atoms with Gasteiger partial charge in [0, 0.05) is 44.9 Å². The Morgan fingerprint density at radius 3 is 2.89 bits per heavy atom. The van der Waals surface area contributed by atoms with Crippen molar-refractivity contribution in [2.24, 2.45) is 14.1 Å². The number of carbonyl (C=O) groups excluding carboxylic acids is 1. The number of amides is 1. The van der Waals surface area contributed by atoms with Gasteiger partial charge in [0.05, 0.1) is 13.5 Å². The van der Waals surface area contributed by atoms with Crippen molar-refractivity contribution in [2.75, 3.05) is 13.7 Å². The summed E-state index contributed by atoms with van der Waals surface area (Å²) in [5.41, 5.74) is 3.95. The van der Waals surface area contributed by atoms with Crippen LogP contribution in [0, 0.1) is 0 Å². The van der Waals surface area contributed by atoms with Crippen LogP contribution in [0.25, 0.3) is 11.5 Å². The fourth-order valence-electron chi connectivity index (χ4n) is 3.55. The molecule has 0 unspecified atom stereocenters. The van der Waals surface area contributed by atoms with Crippen molar-refractivity contribution in [1.29, 1.82) is 0 Å². The van der Waals surface area contributed by atoms with Gasteiger partial charge in [-0.1, -0.05) is 12.1 Å². The molecule has 140 valence electrons. The van der Waals surface area contributed by atoms with Crippen molar-refractivity contribution in [1.82, 2.24) is 29.4 Å². The SMILES string of the molecule is COc1cccc(CC(=O)N2CCc3c(c(-c4nncn4C)nn3C)C2)c1. The number of fused-ring (bicyclic) bond motifs is 1. The Morgan fingerprint density at radius 2 is 2.15 bits per heavy atom. The van der Waals surface area contributed by atoms with Crippen molar-refractivity contribution in [3.8, 4) is 17.3 Å². The van der Waals surface area contributed by atoms with E-state index in [1.807, 2.05) is 52.5 Å². The van der Waals surface area contributed by atoms with Crippen LogP contribution >= 0.6 is 0 Å². The molecular weight excluding hydrogens is 344 g/mol. The van der Waals surface area contributed by atoms with E-state index in [0.29, 0.717) is 25.3 Å². The lowest BCUT2D eigenvalue weighted by molar-refractivity contribution is -0.131. The lowest BCUT2D eigenvalue weighted by Gasteiger charge is -2.27. The van der Waals surface area contributed by atoms with Gasteiger partial charge in [-0.2, -0.15) is 5.10 Å². The summed E-state index contributed by atoms with van der Waals surface area (Å²) in [6.45, 7) is 1.22. The van der Waals surface area contributed by atoms with Gasteiger partial charge in [0.15, 0.2) is 5.82 Å². The molecule has 1 aromatic carbocycles. The number of benzene rings is 1. The molecule has 0 N–H and O–H groups in total. The summed E-state index contributed by atoms with van der Waals surface area (Å²) in [6, 6.07) is 7.64. The van der Waals surface area contributed by atoms with E-state index >= 15 is 0 Å². The Labute approximate surface area is 157 Å². The normalized spacial score (nSPS) is 13.5. The first-order valence-electron chi connectivity index (χ1n) is 8.86. The molecule has 4 rings (SSSR count). The van der Waals surface area contributed by atoms with E-state index in [9.17, 15) is 4.79 Å². The highest BCUT2D eigenvalue weighted by Gasteiger charge is 2.28. The lowest BCUT2D eigenvalue weighted by Crippen LogP contribution is -2.37. The van der Waals surface area contributed by atoms with E-state index in [2.05, 4.69) is 15.3 Å². The van der Waals surface area contributed by atoms with Crippen LogP contribution in [0.1, 0.15) is 16.8 Å². The smallest absolute Gasteiger partial charge is 0.227 e. The van der Waals surface area contributed by atoms with Gasteiger partial charge < -0.3 is 14.2 Å². The molecule has 0 saturated heterocycles. The van der Waals surface area contributed by atoms with Gasteiger partial charge in [0.2, 0.25) is 5.91 Å². The molecule has 0 aliphatic carbocycles. The Hall–Kier alpha value is -3.16. The number of aromatic nitrogens is 5. The van der Waals surface area contributed by atoms with Crippen molar-refractivity contribution >= 4 is 5.91 Å². The average Bonchev–Trinajstić information content (AvgIpc) is 3.24. The van der Waals surface area contributed by atoms with Crippen LogP contribution in [0.4, 0.5) is 0 Å². The Balaban J connectivity index is 1.57. The van der Waals surface area contributed by atoms with Gasteiger partial charge >= 0.3 is 0 Å². The molecule has 8 heteroatoms. The highest BCUT2D eigenvalue weighted by molar-refractivity contribution is 5.79. The van der Waals surface area contributed by atoms with E-state index in [1.165, 1.54) is 0 Å². The quantitative estimate of drug-likeness (QED) is 0.697. The van der Waals surface area contributed by atoms with Crippen molar-refractivity contribution in [2.45, 2.75) is 19.4 Å². The molecule has 0 bridgehead atoms. The fraction of sp³-hybridized carbons (Fsp3) is 0.368. The largest absolute Gasteiger partial charge is 0.497 e. The molecule has 0 spiro atoms. The second-order valence-corrected chi connectivity index (χ2v) is 6.76. The molecule has 1 aliphatic rings. The predicted octanol–water partition coefficient (Wildman–Crippen LogP) is 1.35. The molecule has 3 heterocycles. The van der Waals surface area contributed by atoms with Crippen LogP contribution in [0.2, 0.25) is 0 Å². The van der Waals surface area contributed by atoms with Gasteiger partial charge in [-0.25, -0.2) is 0 Å². The minimum atomic E-state index is 0.0988. The molecule has 0 atom stereocenters. The first-order valence-corrected chi connectivity index (χ1v) is 8.86. The molecule has 1 aliphatic heterocycles. The maximum atomic E-state index is 12.9. The van der Waals surface area contributed by atoms with Gasteiger partial charge in [0.1, 0.15) is 17.8 Å². The Bertz CT molecular complexity index is 990. The number of rotatable bonds is 4. The molecular formula is C19H22N6O2. The van der Waals surface area contributed by atoms with Gasteiger partial charge in [-0.05, 0) is 17.7 Å². The van der Waals surface area contributed by atoms with Gasteiger partial charge in [0.25, 0.3) is 0 Å². The van der Waals surface area contributed by atoms with Crippen molar-refractivity contribution in [3.05, 3.63) is 47.4 Å². The maximum absolute atomic E-state index is 12.9. The summed E-state index contributed by atoms with van der Waals surface area (Å²) in [5, 5.41) is 12.8. The third kappa shape index (κ3) is 3.18. The monoisotopic (exact) mass is 366 g/mol. The molecule has 0 radical (unpaired) electrons. The number of aryl methyl sites for hydroxylation is 2. The Kier molecular flexibility index (Phi) is 4.39. The summed E-state index contributed by atoms with van der Waals surface area (Å²) < 4.78 is 8.99. The third-order valence-corrected chi connectivity index (χ3v) is 5.01. The minimum Gasteiger partial charge on any atom is -0.497 e. The zero-order valence-electron chi connectivity index (χ0n) is 15.7. The van der Waals surface area contributed by atoms with Crippen LogP contribution < -0.4 is 4.74 Å². The van der Waals surface area contributed by atoms with Gasteiger partial charge in [-0.3, -0.25) is 9.48 Å². The molecule has 3 aromatic rings. The Morgan fingerprint density at radius 1 is 1.30 bits per heavy atom.